The molecule has 0 saturated heterocycles. The second-order valence-electron chi connectivity index (χ2n) is 3.72. The van der Waals surface area contributed by atoms with Gasteiger partial charge in [-0.2, -0.15) is 5.10 Å². The number of H-pyrrole nitrogens is 1. The minimum absolute atomic E-state index is 1.21. The maximum atomic E-state index is 3.63. The van der Waals surface area contributed by atoms with Crippen LogP contribution in [0.5, 0.6) is 0 Å². The van der Waals surface area contributed by atoms with Gasteiger partial charge < -0.3 is 4.98 Å². The highest BCUT2D eigenvalue weighted by Crippen LogP contribution is 2.24. The third-order valence-corrected chi connectivity index (χ3v) is 3.89. The molecule has 4 rings (SSSR count). The van der Waals surface area contributed by atoms with Gasteiger partial charge in [-0.05, 0) is 22.9 Å². The number of aromatic amines is 1. The zero-order valence-electron chi connectivity index (χ0n) is 9.46. The van der Waals surface area contributed by atoms with Crippen LogP contribution < -0.4 is 4.83 Å². The number of para-hydroxylation sites is 2. The molecule has 0 atom stereocenters. The van der Waals surface area contributed by atoms with Crippen molar-refractivity contribution in [2.24, 2.45) is 5.10 Å². The number of nitrogens with zero attached hydrogens (tertiary/aromatic N) is 1. The SMILES string of the molecule is C1=NNSS1.c1ccc2c(c1)[nH]c1ccccc12. The van der Waals surface area contributed by atoms with Crippen LogP contribution in [-0.4, -0.2) is 10.5 Å². The molecule has 1 aliphatic rings. The molecule has 0 bridgehead atoms. The molecule has 0 spiro atoms. The lowest BCUT2D eigenvalue weighted by Crippen LogP contribution is -1.76. The molecular formula is C13H11N3S2. The van der Waals surface area contributed by atoms with E-state index < -0.39 is 0 Å². The highest BCUT2D eigenvalue weighted by Gasteiger charge is 2.00. The summed E-state index contributed by atoms with van der Waals surface area (Å²) in [6.45, 7) is 0. The highest BCUT2D eigenvalue weighted by molar-refractivity contribution is 8.81. The number of hydrogen-bond donors (Lipinski definition) is 2. The van der Waals surface area contributed by atoms with E-state index in [0.717, 1.165) is 0 Å². The van der Waals surface area contributed by atoms with E-state index in [9.17, 15) is 0 Å². The van der Waals surface area contributed by atoms with Gasteiger partial charge in [0.1, 0.15) is 0 Å². The molecule has 3 nitrogen and oxygen atoms in total. The van der Waals surface area contributed by atoms with Crippen LogP contribution in [0, 0.1) is 0 Å². The summed E-state index contributed by atoms with van der Waals surface area (Å²) in [5, 5.41) is 6.24. The summed E-state index contributed by atoms with van der Waals surface area (Å²) in [5.74, 6) is 0. The smallest absolute Gasteiger partial charge is 0.0932 e. The summed E-state index contributed by atoms with van der Waals surface area (Å²) in [6.07, 6.45) is 0. The Morgan fingerprint density at radius 2 is 1.44 bits per heavy atom. The first-order chi connectivity index (χ1) is 8.95. The maximum Gasteiger partial charge on any atom is 0.0932 e. The van der Waals surface area contributed by atoms with Crippen molar-refractivity contribution in [1.29, 1.82) is 0 Å². The lowest BCUT2D eigenvalue weighted by molar-refractivity contribution is 1.15. The Bertz CT molecular complexity index is 634. The van der Waals surface area contributed by atoms with Crippen LogP contribution in [0.25, 0.3) is 21.8 Å². The minimum atomic E-state index is 1.21. The van der Waals surface area contributed by atoms with Crippen LogP contribution >= 0.6 is 21.8 Å². The average molecular weight is 273 g/mol. The highest BCUT2D eigenvalue weighted by atomic mass is 33.1. The zero-order valence-corrected chi connectivity index (χ0v) is 11.1. The zero-order chi connectivity index (χ0) is 12.2. The van der Waals surface area contributed by atoms with Crippen LogP contribution in [0.1, 0.15) is 0 Å². The third kappa shape index (κ3) is 2.32. The second kappa shape index (κ2) is 5.37. The van der Waals surface area contributed by atoms with E-state index in [2.05, 4.69) is 63.4 Å². The van der Waals surface area contributed by atoms with Crippen molar-refractivity contribution in [2.45, 2.75) is 0 Å². The number of hydrogen-bond acceptors (Lipinski definition) is 4. The quantitative estimate of drug-likeness (QED) is 0.477. The van der Waals surface area contributed by atoms with Crippen LogP contribution in [-0.2, 0) is 0 Å². The Morgan fingerprint density at radius 3 is 1.89 bits per heavy atom. The van der Waals surface area contributed by atoms with Gasteiger partial charge in [-0.15, -0.1) is 0 Å². The topological polar surface area (TPSA) is 40.2 Å². The lowest BCUT2D eigenvalue weighted by atomic mass is 10.2. The summed E-state index contributed by atoms with van der Waals surface area (Å²) >= 11 is 0. The van der Waals surface area contributed by atoms with Gasteiger partial charge in [0.05, 0.1) is 5.55 Å². The van der Waals surface area contributed by atoms with Gasteiger partial charge in [-0.25, -0.2) is 4.83 Å². The predicted octanol–water partition coefficient (Wildman–Crippen LogP) is 4.15. The van der Waals surface area contributed by atoms with Gasteiger partial charge in [0.2, 0.25) is 0 Å². The Balaban J connectivity index is 0.000000169. The molecule has 0 aliphatic carbocycles. The molecule has 0 fully saturated rings. The molecule has 1 aromatic heterocycles. The Labute approximate surface area is 113 Å². The first kappa shape index (κ1) is 11.5. The van der Waals surface area contributed by atoms with E-state index in [1.807, 2.05) is 0 Å². The van der Waals surface area contributed by atoms with Crippen molar-refractivity contribution in [3.05, 3.63) is 48.5 Å². The average Bonchev–Trinajstić information content (AvgIpc) is 3.10. The van der Waals surface area contributed by atoms with Gasteiger partial charge in [0.25, 0.3) is 0 Å². The van der Waals surface area contributed by atoms with Crippen molar-refractivity contribution >= 4 is 49.1 Å². The number of hydrazone groups is 1. The van der Waals surface area contributed by atoms with Gasteiger partial charge >= 0.3 is 0 Å². The molecule has 2 N–H and O–H groups in total. The van der Waals surface area contributed by atoms with Crippen LogP contribution in [0.4, 0.5) is 0 Å². The summed E-state index contributed by atoms with van der Waals surface area (Å²) in [5.41, 5.74) is 4.18. The van der Waals surface area contributed by atoms with Crippen LogP contribution in [0.15, 0.2) is 53.6 Å². The monoisotopic (exact) mass is 273 g/mol. The molecule has 0 unspecified atom stereocenters. The number of benzene rings is 2. The molecule has 18 heavy (non-hydrogen) atoms. The normalized spacial score (nSPS) is 13.3. The van der Waals surface area contributed by atoms with E-state index in [4.69, 9.17) is 0 Å². The Kier molecular flexibility index (Phi) is 3.43. The fourth-order valence-corrected chi connectivity index (χ4v) is 2.77. The summed E-state index contributed by atoms with van der Waals surface area (Å²) < 4.78 is 0. The van der Waals surface area contributed by atoms with E-state index in [0.29, 0.717) is 0 Å². The Hall–Kier alpha value is -1.59. The maximum absolute atomic E-state index is 3.63. The fourth-order valence-electron chi connectivity index (χ4n) is 1.91. The minimum Gasteiger partial charge on any atom is -0.355 e. The summed E-state index contributed by atoms with van der Waals surface area (Å²) in [4.78, 5) is 6.05. The number of aromatic nitrogens is 1. The van der Waals surface area contributed by atoms with Crippen molar-refractivity contribution in [3.63, 3.8) is 0 Å². The van der Waals surface area contributed by atoms with Crippen LogP contribution in [0.3, 0.4) is 0 Å². The van der Waals surface area contributed by atoms with Gasteiger partial charge in [0, 0.05) is 32.8 Å². The van der Waals surface area contributed by atoms with Crippen molar-refractivity contribution in [2.75, 3.05) is 0 Å². The molecule has 0 saturated carbocycles. The molecule has 5 heteroatoms. The van der Waals surface area contributed by atoms with E-state index in [1.54, 1.807) is 16.3 Å². The molecule has 1 aliphatic heterocycles. The standard InChI is InChI=1S/C12H9N.CH2N2S2/c1-3-7-11-9(5-1)10-6-2-4-8-12(10)13-11;1-2-3-5-4-1/h1-8,13H;1,3H. The number of fused-ring (bicyclic) bond motifs is 3. The molecule has 0 radical (unpaired) electrons. The summed E-state index contributed by atoms with van der Waals surface area (Å²) in [6, 6.07) is 16.8. The number of rotatable bonds is 0. The predicted molar refractivity (Wildman–Crippen MR) is 82.6 cm³/mol. The van der Waals surface area contributed by atoms with Crippen molar-refractivity contribution in [1.82, 2.24) is 9.82 Å². The van der Waals surface area contributed by atoms with E-state index in [1.165, 1.54) is 32.8 Å². The second-order valence-corrected chi connectivity index (χ2v) is 5.55. The molecular weight excluding hydrogens is 262 g/mol. The molecule has 90 valence electrons. The molecule has 2 heterocycles. The van der Waals surface area contributed by atoms with E-state index >= 15 is 0 Å². The van der Waals surface area contributed by atoms with Crippen molar-refractivity contribution in [3.8, 4) is 0 Å². The molecule has 2 aromatic carbocycles. The van der Waals surface area contributed by atoms with Gasteiger partial charge in [-0.1, -0.05) is 36.4 Å². The largest absolute Gasteiger partial charge is 0.355 e. The first-order valence-electron chi connectivity index (χ1n) is 5.49. The van der Waals surface area contributed by atoms with Crippen LogP contribution in [0.2, 0.25) is 0 Å². The molecule has 0 amide bonds. The Morgan fingerprint density at radius 1 is 0.833 bits per heavy atom. The number of nitrogens with one attached hydrogen (secondary N) is 2. The summed E-state index contributed by atoms with van der Waals surface area (Å²) in [7, 11) is 3.11. The van der Waals surface area contributed by atoms with Gasteiger partial charge in [-0.3, -0.25) is 0 Å². The third-order valence-electron chi connectivity index (χ3n) is 2.65. The fraction of sp³-hybridized carbons (Fsp3) is 0. The van der Waals surface area contributed by atoms with E-state index in [-0.39, 0.29) is 0 Å². The first-order valence-corrected chi connectivity index (χ1v) is 7.71. The molecule has 3 aromatic rings. The lowest BCUT2D eigenvalue weighted by Gasteiger charge is -1.87. The van der Waals surface area contributed by atoms with Gasteiger partial charge in [0.15, 0.2) is 0 Å². The van der Waals surface area contributed by atoms with Crippen molar-refractivity contribution < 1.29 is 0 Å².